The summed E-state index contributed by atoms with van der Waals surface area (Å²) in [6, 6.07) is 11.1. The normalized spacial score (nSPS) is 10.1. The van der Waals surface area contributed by atoms with E-state index in [4.69, 9.17) is 11.5 Å². The van der Waals surface area contributed by atoms with Gasteiger partial charge in [-0.3, -0.25) is 4.79 Å². The first-order valence-corrected chi connectivity index (χ1v) is 5.51. The predicted molar refractivity (Wildman–Crippen MR) is 70.4 cm³/mol. The Kier molecular flexibility index (Phi) is 3.54. The summed E-state index contributed by atoms with van der Waals surface area (Å²) < 4.78 is 0. The summed E-state index contributed by atoms with van der Waals surface area (Å²) in [6.07, 6.45) is 1.44. The van der Waals surface area contributed by atoms with Gasteiger partial charge in [0, 0.05) is 18.4 Å². The maximum absolute atomic E-state index is 10.9. The van der Waals surface area contributed by atoms with E-state index >= 15 is 0 Å². The van der Waals surface area contributed by atoms with E-state index in [1.807, 2.05) is 24.3 Å². The summed E-state index contributed by atoms with van der Waals surface area (Å²) >= 11 is 0. The predicted octanol–water partition coefficient (Wildman–Crippen LogP) is 1.38. The van der Waals surface area contributed by atoms with Gasteiger partial charge >= 0.3 is 0 Å². The van der Waals surface area contributed by atoms with E-state index in [9.17, 15) is 4.79 Å². The van der Waals surface area contributed by atoms with Crippen molar-refractivity contribution >= 4 is 17.4 Å². The minimum absolute atomic E-state index is 0.388. The van der Waals surface area contributed by atoms with Crippen LogP contribution in [0.25, 0.3) is 0 Å². The first-order valence-electron chi connectivity index (χ1n) is 5.51. The first-order chi connectivity index (χ1) is 8.69. The minimum atomic E-state index is -0.485. The molecule has 92 valence electrons. The van der Waals surface area contributed by atoms with Gasteiger partial charge in [-0.05, 0) is 29.8 Å². The number of aromatic nitrogens is 1. The topological polar surface area (TPSA) is 94.0 Å². The lowest BCUT2D eigenvalue weighted by Crippen LogP contribution is -2.11. The number of nitrogens with two attached hydrogens (primary N) is 2. The van der Waals surface area contributed by atoms with Gasteiger partial charge in [-0.15, -0.1) is 0 Å². The zero-order valence-corrected chi connectivity index (χ0v) is 9.76. The highest BCUT2D eigenvalue weighted by molar-refractivity contribution is 5.92. The Bertz CT molecular complexity index is 534. The van der Waals surface area contributed by atoms with Crippen LogP contribution in [-0.4, -0.2) is 10.9 Å². The molecular formula is C13H14N4O. The molecule has 0 atom stereocenters. The molecule has 0 aliphatic carbocycles. The monoisotopic (exact) mass is 242 g/mol. The van der Waals surface area contributed by atoms with Gasteiger partial charge in [-0.25, -0.2) is 4.98 Å². The van der Waals surface area contributed by atoms with E-state index in [1.54, 1.807) is 12.1 Å². The molecule has 0 saturated carbocycles. The second-order valence-corrected chi connectivity index (χ2v) is 3.82. The molecule has 0 radical (unpaired) electrons. The number of primary amides is 1. The molecule has 1 amide bonds. The summed E-state index contributed by atoms with van der Waals surface area (Å²) in [4.78, 5) is 15.0. The van der Waals surface area contributed by atoms with Crippen molar-refractivity contribution in [1.29, 1.82) is 0 Å². The number of rotatable bonds is 4. The number of anilines is 2. The van der Waals surface area contributed by atoms with E-state index in [2.05, 4.69) is 10.3 Å². The standard InChI is InChI=1S/C13H14N4O/c14-7-9-1-4-11(5-2-9)17-12-6-3-10(8-16-12)13(15)18/h1-6,8H,7,14H2,(H2,15,18)(H,16,17). The third-order valence-corrected chi connectivity index (χ3v) is 2.51. The highest BCUT2D eigenvalue weighted by atomic mass is 16.1. The highest BCUT2D eigenvalue weighted by Crippen LogP contribution is 2.15. The SMILES string of the molecule is NCc1ccc(Nc2ccc(C(N)=O)cn2)cc1. The third-order valence-electron chi connectivity index (χ3n) is 2.51. The molecule has 2 rings (SSSR count). The maximum atomic E-state index is 10.9. The Labute approximate surface area is 105 Å². The number of nitrogens with one attached hydrogen (secondary N) is 1. The van der Waals surface area contributed by atoms with Gasteiger partial charge in [-0.2, -0.15) is 0 Å². The van der Waals surface area contributed by atoms with Crippen LogP contribution in [0.3, 0.4) is 0 Å². The van der Waals surface area contributed by atoms with Crippen LogP contribution in [0.1, 0.15) is 15.9 Å². The molecule has 5 heteroatoms. The molecule has 5 nitrogen and oxygen atoms in total. The number of nitrogens with zero attached hydrogens (tertiary/aromatic N) is 1. The average Bonchev–Trinajstić information content (AvgIpc) is 2.40. The largest absolute Gasteiger partial charge is 0.366 e. The van der Waals surface area contributed by atoms with Crippen molar-refractivity contribution in [2.75, 3.05) is 5.32 Å². The molecule has 0 saturated heterocycles. The fourth-order valence-electron chi connectivity index (χ4n) is 1.49. The quantitative estimate of drug-likeness (QED) is 0.755. The Balaban J connectivity index is 2.10. The van der Waals surface area contributed by atoms with E-state index in [-0.39, 0.29) is 0 Å². The average molecular weight is 242 g/mol. The molecule has 0 unspecified atom stereocenters. The highest BCUT2D eigenvalue weighted by Gasteiger charge is 2.01. The van der Waals surface area contributed by atoms with Crippen molar-refractivity contribution in [3.05, 3.63) is 53.7 Å². The van der Waals surface area contributed by atoms with Gasteiger partial charge in [-0.1, -0.05) is 12.1 Å². The molecule has 0 fully saturated rings. The van der Waals surface area contributed by atoms with Crippen molar-refractivity contribution < 1.29 is 4.79 Å². The van der Waals surface area contributed by atoms with Gasteiger partial charge in [0.05, 0.1) is 5.56 Å². The second kappa shape index (κ2) is 5.29. The van der Waals surface area contributed by atoms with E-state index in [0.29, 0.717) is 17.9 Å². The molecule has 1 aromatic carbocycles. The lowest BCUT2D eigenvalue weighted by Gasteiger charge is -2.06. The maximum Gasteiger partial charge on any atom is 0.250 e. The van der Waals surface area contributed by atoms with Gasteiger partial charge in [0.25, 0.3) is 0 Å². The number of pyridine rings is 1. The number of hydrogen-bond acceptors (Lipinski definition) is 4. The molecule has 1 heterocycles. The smallest absolute Gasteiger partial charge is 0.250 e. The molecule has 0 bridgehead atoms. The molecule has 2 aromatic rings. The second-order valence-electron chi connectivity index (χ2n) is 3.82. The van der Waals surface area contributed by atoms with Crippen LogP contribution < -0.4 is 16.8 Å². The molecule has 0 aliphatic heterocycles. The summed E-state index contributed by atoms with van der Waals surface area (Å²) in [5.74, 6) is 0.168. The van der Waals surface area contributed by atoms with Crippen molar-refractivity contribution in [2.45, 2.75) is 6.54 Å². The zero-order chi connectivity index (χ0) is 13.0. The van der Waals surface area contributed by atoms with Gasteiger partial charge in [0.15, 0.2) is 0 Å². The molecule has 1 aromatic heterocycles. The van der Waals surface area contributed by atoms with Crippen LogP contribution in [0.2, 0.25) is 0 Å². The van der Waals surface area contributed by atoms with E-state index in [1.165, 1.54) is 6.20 Å². The van der Waals surface area contributed by atoms with Crippen molar-refractivity contribution in [2.24, 2.45) is 11.5 Å². The summed E-state index contributed by atoms with van der Waals surface area (Å²) in [5, 5.41) is 3.12. The lowest BCUT2D eigenvalue weighted by molar-refractivity contribution is 0.1000. The van der Waals surface area contributed by atoms with Crippen LogP contribution in [0.4, 0.5) is 11.5 Å². The summed E-state index contributed by atoms with van der Waals surface area (Å²) in [5.41, 5.74) is 13.0. The number of amides is 1. The molecular weight excluding hydrogens is 228 g/mol. The van der Waals surface area contributed by atoms with Crippen molar-refractivity contribution in [3.63, 3.8) is 0 Å². The van der Waals surface area contributed by atoms with Gasteiger partial charge in [0.2, 0.25) is 5.91 Å². The van der Waals surface area contributed by atoms with Crippen LogP contribution in [0.15, 0.2) is 42.6 Å². The van der Waals surface area contributed by atoms with Crippen LogP contribution in [0, 0.1) is 0 Å². The van der Waals surface area contributed by atoms with Crippen LogP contribution in [0.5, 0.6) is 0 Å². The first kappa shape index (κ1) is 12.1. The van der Waals surface area contributed by atoms with Crippen molar-refractivity contribution in [1.82, 2.24) is 4.98 Å². The van der Waals surface area contributed by atoms with E-state index in [0.717, 1.165) is 11.3 Å². The van der Waals surface area contributed by atoms with Crippen molar-refractivity contribution in [3.8, 4) is 0 Å². The number of benzene rings is 1. The molecule has 0 aliphatic rings. The van der Waals surface area contributed by atoms with Crippen LogP contribution in [-0.2, 0) is 6.54 Å². The lowest BCUT2D eigenvalue weighted by atomic mass is 10.2. The van der Waals surface area contributed by atoms with Gasteiger partial charge in [0.1, 0.15) is 5.82 Å². The summed E-state index contributed by atoms with van der Waals surface area (Å²) in [7, 11) is 0. The number of carbonyl (C=O) groups is 1. The Morgan fingerprint density at radius 2 is 1.89 bits per heavy atom. The fraction of sp³-hybridized carbons (Fsp3) is 0.0769. The fourth-order valence-corrected chi connectivity index (χ4v) is 1.49. The summed E-state index contributed by atoms with van der Waals surface area (Å²) in [6.45, 7) is 0.520. The molecule has 0 spiro atoms. The zero-order valence-electron chi connectivity index (χ0n) is 9.76. The number of hydrogen-bond donors (Lipinski definition) is 3. The molecule has 18 heavy (non-hydrogen) atoms. The van der Waals surface area contributed by atoms with Gasteiger partial charge < -0.3 is 16.8 Å². The Hall–Kier alpha value is -2.40. The third kappa shape index (κ3) is 2.83. The molecule has 5 N–H and O–H groups in total. The number of carbonyl (C=O) groups excluding carboxylic acids is 1. The Morgan fingerprint density at radius 1 is 1.17 bits per heavy atom. The van der Waals surface area contributed by atoms with E-state index < -0.39 is 5.91 Å². The Morgan fingerprint density at radius 3 is 2.39 bits per heavy atom. The minimum Gasteiger partial charge on any atom is -0.366 e. The van der Waals surface area contributed by atoms with Crippen LogP contribution >= 0.6 is 0 Å².